The number of anilines is 1. The number of benzene rings is 3. The number of rotatable bonds is 12. The summed E-state index contributed by atoms with van der Waals surface area (Å²) in [5.74, 6) is -0.133. The number of amides is 2. The summed E-state index contributed by atoms with van der Waals surface area (Å²) >= 11 is 13.0. The lowest BCUT2D eigenvalue weighted by Crippen LogP contribution is -2.53. The van der Waals surface area contributed by atoms with Crippen molar-refractivity contribution in [3.63, 3.8) is 0 Å². The van der Waals surface area contributed by atoms with Crippen LogP contribution in [0.4, 0.5) is 5.69 Å². The van der Waals surface area contributed by atoms with Crippen LogP contribution in [0.15, 0.2) is 71.6 Å². The van der Waals surface area contributed by atoms with E-state index >= 15 is 0 Å². The van der Waals surface area contributed by atoms with Crippen molar-refractivity contribution in [2.45, 2.75) is 57.1 Å². The van der Waals surface area contributed by atoms with Gasteiger partial charge in [-0.1, -0.05) is 61.3 Å². The fourth-order valence-electron chi connectivity index (χ4n) is 4.65. The molecule has 1 aliphatic rings. The predicted molar refractivity (Wildman–Crippen MR) is 167 cm³/mol. The molecule has 0 radical (unpaired) electrons. The zero-order valence-electron chi connectivity index (χ0n) is 24.3. The molecule has 0 saturated carbocycles. The Morgan fingerprint density at radius 2 is 1.56 bits per heavy atom. The van der Waals surface area contributed by atoms with Crippen LogP contribution in [-0.2, 0) is 26.2 Å². The summed E-state index contributed by atoms with van der Waals surface area (Å²) in [6.45, 7) is 5.56. The molecule has 2 amide bonds. The zero-order valence-corrected chi connectivity index (χ0v) is 26.6. The van der Waals surface area contributed by atoms with E-state index in [1.807, 2.05) is 13.8 Å². The van der Waals surface area contributed by atoms with E-state index in [9.17, 15) is 18.0 Å². The molecule has 0 aliphatic carbocycles. The molecule has 0 saturated heterocycles. The molecule has 0 bridgehead atoms. The van der Waals surface area contributed by atoms with Crippen LogP contribution in [0.3, 0.4) is 0 Å². The summed E-state index contributed by atoms with van der Waals surface area (Å²) in [6.07, 6.45) is 0.964. The van der Waals surface area contributed by atoms with Gasteiger partial charge in [-0.2, -0.15) is 0 Å². The minimum Gasteiger partial charge on any atom is -0.486 e. The average Bonchev–Trinajstić information content (AvgIpc) is 3.01. The van der Waals surface area contributed by atoms with E-state index in [2.05, 4.69) is 5.32 Å². The average molecular weight is 649 g/mol. The summed E-state index contributed by atoms with van der Waals surface area (Å²) in [4.78, 5) is 29.1. The fraction of sp³-hybridized carbons (Fsp3) is 0.355. The molecule has 0 fully saturated rings. The number of sulfonamides is 1. The molecule has 3 aromatic rings. The number of nitrogens with one attached hydrogen (secondary N) is 1. The second-order valence-corrected chi connectivity index (χ2v) is 12.8. The quantitative estimate of drug-likeness (QED) is 0.271. The van der Waals surface area contributed by atoms with E-state index in [4.69, 9.17) is 32.7 Å². The predicted octanol–water partition coefficient (Wildman–Crippen LogP) is 5.68. The van der Waals surface area contributed by atoms with Crippen LogP contribution >= 0.6 is 23.2 Å². The maximum absolute atomic E-state index is 14.3. The van der Waals surface area contributed by atoms with Crippen LogP contribution in [0.1, 0.15) is 39.2 Å². The van der Waals surface area contributed by atoms with Crippen LogP contribution in [0, 0.1) is 0 Å². The fourth-order valence-corrected chi connectivity index (χ4v) is 6.59. The van der Waals surface area contributed by atoms with Gasteiger partial charge in [-0.05, 0) is 56.2 Å². The molecular formula is C31H35Cl2N3O6S. The molecule has 3 aromatic carbocycles. The van der Waals surface area contributed by atoms with Crippen molar-refractivity contribution in [2.24, 2.45) is 0 Å². The van der Waals surface area contributed by atoms with E-state index in [0.29, 0.717) is 46.7 Å². The molecule has 230 valence electrons. The van der Waals surface area contributed by atoms with Gasteiger partial charge >= 0.3 is 0 Å². The van der Waals surface area contributed by atoms with Crippen LogP contribution in [0.5, 0.6) is 11.5 Å². The number of halogens is 2. The van der Waals surface area contributed by atoms with E-state index in [1.54, 1.807) is 55.5 Å². The van der Waals surface area contributed by atoms with E-state index in [1.165, 1.54) is 23.1 Å². The monoisotopic (exact) mass is 647 g/mol. The lowest BCUT2D eigenvalue weighted by atomic mass is 10.1. The maximum Gasteiger partial charge on any atom is 0.264 e. The first-order chi connectivity index (χ1) is 20.6. The van der Waals surface area contributed by atoms with Crippen molar-refractivity contribution in [3.8, 4) is 11.5 Å². The number of carbonyl (C=O) groups is 2. The van der Waals surface area contributed by atoms with Gasteiger partial charge < -0.3 is 19.7 Å². The summed E-state index contributed by atoms with van der Waals surface area (Å²) in [5, 5.41) is 3.59. The molecule has 1 heterocycles. The third kappa shape index (κ3) is 7.55. The standard InChI is InChI=1S/C31H35Cl2N3O6S/c1-4-21(3)34-31(38)27(5-2)35(19-24-25(32)12-9-13-26(24)33)30(37)20-36(43(39,40)23-10-7-6-8-11-23)22-14-15-28-29(18-22)42-17-16-41-28/h6-15,18,21,27H,4-5,16-17,19-20H2,1-3H3,(H,34,38)/t21-,27+/m1/s1. The Morgan fingerprint density at radius 3 is 2.19 bits per heavy atom. The van der Waals surface area contributed by atoms with Gasteiger partial charge in [0.25, 0.3) is 10.0 Å². The van der Waals surface area contributed by atoms with Crippen molar-refractivity contribution in [2.75, 3.05) is 24.1 Å². The molecule has 12 heteroatoms. The first kappa shape index (κ1) is 32.4. The number of hydrogen-bond donors (Lipinski definition) is 1. The minimum atomic E-state index is -4.24. The third-order valence-corrected chi connectivity index (χ3v) is 9.70. The van der Waals surface area contributed by atoms with Crippen LogP contribution in [-0.4, -0.2) is 57.0 Å². The van der Waals surface area contributed by atoms with Gasteiger partial charge in [0.1, 0.15) is 25.8 Å². The van der Waals surface area contributed by atoms with Crippen LogP contribution in [0.25, 0.3) is 0 Å². The first-order valence-corrected chi connectivity index (χ1v) is 16.3. The second-order valence-electron chi connectivity index (χ2n) is 10.1. The number of nitrogens with zero attached hydrogens (tertiary/aromatic N) is 2. The topological polar surface area (TPSA) is 105 Å². The summed E-state index contributed by atoms with van der Waals surface area (Å²) in [5.41, 5.74) is 0.653. The Morgan fingerprint density at radius 1 is 0.907 bits per heavy atom. The molecule has 2 atom stereocenters. The Kier molecular flexibility index (Phi) is 10.8. The highest BCUT2D eigenvalue weighted by Crippen LogP contribution is 2.36. The number of carbonyl (C=O) groups excluding carboxylic acids is 2. The van der Waals surface area contributed by atoms with E-state index in [0.717, 1.165) is 4.31 Å². The minimum absolute atomic E-state index is 0.0000532. The van der Waals surface area contributed by atoms with Crippen LogP contribution in [0.2, 0.25) is 10.0 Å². The molecule has 0 unspecified atom stereocenters. The Hall–Kier alpha value is -3.47. The zero-order chi connectivity index (χ0) is 31.1. The molecule has 9 nitrogen and oxygen atoms in total. The summed E-state index contributed by atoms with van der Waals surface area (Å²) in [7, 11) is -4.24. The van der Waals surface area contributed by atoms with E-state index in [-0.39, 0.29) is 35.5 Å². The maximum atomic E-state index is 14.3. The van der Waals surface area contributed by atoms with E-state index < -0.39 is 28.5 Å². The SMILES string of the molecule is CC[C@@H](C)NC(=O)[C@H](CC)N(Cc1c(Cl)cccc1Cl)C(=O)CN(c1ccc2c(c1)OCCO2)S(=O)(=O)c1ccccc1. The van der Waals surface area contributed by atoms with Gasteiger partial charge in [0.2, 0.25) is 11.8 Å². The smallest absolute Gasteiger partial charge is 0.264 e. The number of hydrogen-bond acceptors (Lipinski definition) is 6. The largest absolute Gasteiger partial charge is 0.486 e. The molecule has 0 aromatic heterocycles. The lowest BCUT2D eigenvalue weighted by Gasteiger charge is -2.34. The van der Waals surface area contributed by atoms with Crippen molar-refractivity contribution < 1.29 is 27.5 Å². The highest BCUT2D eigenvalue weighted by Gasteiger charge is 2.35. The molecule has 1 aliphatic heterocycles. The lowest BCUT2D eigenvalue weighted by molar-refractivity contribution is -0.140. The van der Waals surface area contributed by atoms with Crippen LogP contribution < -0.4 is 19.1 Å². The Balaban J connectivity index is 1.78. The van der Waals surface area contributed by atoms with Crippen molar-refractivity contribution in [1.82, 2.24) is 10.2 Å². The number of ether oxygens (including phenoxy) is 2. The van der Waals surface area contributed by atoms with Gasteiger partial charge in [0, 0.05) is 34.3 Å². The van der Waals surface area contributed by atoms with Gasteiger partial charge in [0.15, 0.2) is 11.5 Å². The second kappa shape index (κ2) is 14.3. The third-order valence-electron chi connectivity index (χ3n) is 7.20. The molecule has 4 rings (SSSR count). The molecular weight excluding hydrogens is 613 g/mol. The van der Waals surface area contributed by atoms with Gasteiger partial charge in [0.05, 0.1) is 10.6 Å². The normalized spacial score (nSPS) is 14.0. The highest BCUT2D eigenvalue weighted by atomic mass is 35.5. The van der Waals surface area contributed by atoms with Crippen molar-refractivity contribution in [3.05, 3.63) is 82.3 Å². The van der Waals surface area contributed by atoms with Gasteiger partial charge in [-0.3, -0.25) is 13.9 Å². The van der Waals surface area contributed by atoms with Crippen molar-refractivity contribution >= 4 is 50.7 Å². The summed E-state index contributed by atoms with van der Waals surface area (Å²) < 4.78 is 40.4. The first-order valence-electron chi connectivity index (χ1n) is 14.1. The number of fused-ring (bicyclic) bond motifs is 1. The van der Waals surface area contributed by atoms with Gasteiger partial charge in [-0.25, -0.2) is 8.42 Å². The Bertz CT molecular complexity index is 1530. The van der Waals surface area contributed by atoms with Crippen molar-refractivity contribution in [1.29, 1.82) is 0 Å². The highest BCUT2D eigenvalue weighted by molar-refractivity contribution is 7.92. The Labute approximate surface area is 262 Å². The molecule has 1 N–H and O–H groups in total. The van der Waals surface area contributed by atoms with Gasteiger partial charge in [-0.15, -0.1) is 0 Å². The molecule has 0 spiro atoms. The summed E-state index contributed by atoms with van der Waals surface area (Å²) in [6, 6.07) is 16.5. The molecule has 43 heavy (non-hydrogen) atoms.